The number of ether oxygens (including phenoxy) is 1. The summed E-state index contributed by atoms with van der Waals surface area (Å²) in [5.74, 6) is 0.167. The Balaban J connectivity index is 1.72. The van der Waals surface area contributed by atoms with Gasteiger partial charge in [0.15, 0.2) is 0 Å². The molecule has 1 fully saturated rings. The highest BCUT2D eigenvalue weighted by atomic mass is 35.5. The van der Waals surface area contributed by atoms with Gasteiger partial charge in [0, 0.05) is 25.2 Å². The van der Waals surface area contributed by atoms with Gasteiger partial charge in [0.25, 0.3) is 5.91 Å². The number of aliphatic imine (C=N–C) groups is 1. The molecule has 1 aliphatic rings. The fourth-order valence-electron chi connectivity index (χ4n) is 3.39. The molecule has 0 unspecified atom stereocenters. The van der Waals surface area contributed by atoms with Gasteiger partial charge in [0.2, 0.25) is 5.96 Å². The van der Waals surface area contributed by atoms with E-state index < -0.39 is 0 Å². The summed E-state index contributed by atoms with van der Waals surface area (Å²) >= 11 is 6.39. The monoisotopic (exact) mass is 456 g/mol. The van der Waals surface area contributed by atoms with Crippen LogP contribution in [0.4, 0.5) is 5.69 Å². The number of aryl methyl sites for hydroxylation is 1. The number of hydrogen-bond donors (Lipinski definition) is 2. The van der Waals surface area contributed by atoms with Gasteiger partial charge < -0.3 is 10.1 Å². The lowest BCUT2D eigenvalue weighted by atomic mass is 9.87. The molecule has 3 rings (SSSR count). The van der Waals surface area contributed by atoms with E-state index in [2.05, 4.69) is 41.3 Å². The Kier molecular flexibility index (Phi) is 8.29. The van der Waals surface area contributed by atoms with Crippen LogP contribution in [0.5, 0.6) is 0 Å². The van der Waals surface area contributed by atoms with Gasteiger partial charge in [0.1, 0.15) is 0 Å². The number of rotatable bonds is 5. The highest BCUT2D eigenvalue weighted by Gasteiger charge is 2.16. The van der Waals surface area contributed by atoms with Crippen LogP contribution in [0.15, 0.2) is 47.5 Å². The summed E-state index contributed by atoms with van der Waals surface area (Å²) in [6, 6.07) is 13.4. The molecule has 6 nitrogen and oxygen atoms in total. The molecule has 2 aromatic carbocycles. The third kappa shape index (κ3) is 7.05. The zero-order chi connectivity index (χ0) is 23.1. The zero-order valence-corrected chi connectivity index (χ0v) is 20.1. The molecule has 1 heterocycles. The van der Waals surface area contributed by atoms with Crippen molar-refractivity contribution in [2.75, 3.05) is 44.7 Å². The first-order valence-corrected chi connectivity index (χ1v) is 11.4. The first kappa shape index (κ1) is 24.2. The minimum atomic E-state index is -0.216. The summed E-state index contributed by atoms with van der Waals surface area (Å²) in [4.78, 5) is 19.9. The van der Waals surface area contributed by atoms with Crippen molar-refractivity contribution < 1.29 is 9.53 Å². The maximum Gasteiger partial charge on any atom is 0.257 e. The van der Waals surface area contributed by atoms with Crippen LogP contribution in [0.2, 0.25) is 5.02 Å². The molecule has 0 spiro atoms. The number of hydrogen-bond acceptors (Lipinski definition) is 4. The molecule has 2 aromatic rings. The van der Waals surface area contributed by atoms with E-state index >= 15 is 0 Å². The van der Waals surface area contributed by atoms with E-state index in [1.807, 2.05) is 49.4 Å². The molecule has 0 aliphatic carbocycles. The zero-order valence-electron chi connectivity index (χ0n) is 19.4. The number of carbonyl (C=O) groups is 1. The van der Waals surface area contributed by atoms with E-state index in [0.29, 0.717) is 28.8 Å². The van der Waals surface area contributed by atoms with Crippen molar-refractivity contribution in [2.24, 2.45) is 4.99 Å². The molecule has 1 saturated heterocycles. The van der Waals surface area contributed by atoms with Crippen LogP contribution in [-0.4, -0.2) is 56.2 Å². The summed E-state index contributed by atoms with van der Waals surface area (Å²) in [5.41, 5.74) is 3.55. The second kappa shape index (κ2) is 10.9. The Morgan fingerprint density at radius 2 is 1.81 bits per heavy atom. The van der Waals surface area contributed by atoms with Crippen molar-refractivity contribution in [1.29, 1.82) is 0 Å². The molecule has 0 saturated carbocycles. The number of nitrogens with one attached hydrogen (secondary N) is 2. The number of guanidine groups is 1. The quantitative estimate of drug-likeness (QED) is 0.514. The first-order valence-electron chi connectivity index (χ1n) is 11.0. The van der Waals surface area contributed by atoms with Gasteiger partial charge in [-0.25, -0.2) is 0 Å². The van der Waals surface area contributed by atoms with E-state index in [-0.39, 0.29) is 11.3 Å². The van der Waals surface area contributed by atoms with E-state index in [0.717, 1.165) is 38.4 Å². The van der Waals surface area contributed by atoms with Gasteiger partial charge in [-0.2, -0.15) is 0 Å². The number of amides is 1. The molecule has 0 aromatic heterocycles. The van der Waals surface area contributed by atoms with E-state index in [9.17, 15) is 4.79 Å². The molecule has 32 heavy (non-hydrogen) atoms. The number of anilines is 1. The average molecular weight is 457 g/mol. The lowest BCUT2D eigenvalue weighted by Gasteiger charge is -2.25. The van der Waals surface area contributed by atoms with Crippen LogP contribution >= 0.6 is 11.6 Å². The Morgan fingerprint density at radius 1 is 1.12 bits per heavy atom. The van der Waals surface area contributed by atoms with E-state index in [4.69, 9.17) is 16.3 Å². The summed E-state index contributed by atoms with van der Waals surface area (Å²) in [7, 11) is 0. The van der Waals surface area contributed by atoms with Gasteiger partial charge in [-0.05, 0) is 47.7 Å². The highest BCUT2D eigenvalue weighted by molar-refractivity contribution is 6.34. The van der Waals surface area contributed by atoms with Crippen LogP contribution in [0.25, 0.3) is 0 Å². The topological polar surface area (TPSA) is 66.0 Å². The van der Waals surface area contributed by atoms with Crippen molar-refractivity contribution >= 4 is 29.2 Å². The largest absolute Gasteiger partial charge is 0.379 e. The first-order chi connectivity index (χ1) is 15.2. The molecule has 1 aliphatic heterocycles. The number of carbonyl (C=O) groups excluding carboxylic acids is 1. The molecule has 0 bridgehead atoms. The van der Waals surface area contributed by atoms with Crippen LogP contribution in [0, 0.1) is 6.92 Å². The van der Waals surface area contributed by atoms with Crippen LogP contribution in [0.1, 0.15) is 42.3 Å². The standard InChI is InChI=1S/C25H33ClN4O2/c1-18-5-10-22(21(26)17-18)28-24(27-11-12-30-13-15-32-16-14-30)29-23(31)19-6-8-20(9-7-19)25(2,3)4/h5-10,17H,11-16H2,1-4H3,(H2,27,28,29,31). The van der Waals surface area contributed by atoms with Gasteiger partial charge in [-0.15, -0.1) is 0 Å². The maximum atomic E-state index is 12.9. The van der Waals surface area contributed by atoms with Crippen LogP contribution in [0.3, 0.4) is 0 Å². The van der Waals surface area contributed by atoms with Gasteiger partial charge >= 0.3 is 0 Å². The van der Waals surface area contributed by atoms with Crippen molar-refractivity contribution in [3.63, 3.8) is 0 Å². The molecule has 1 amide bonds. The SMILES string of the molecule is Cc1ccc(NC(=NCCN2CCOCC2)NC(=O)c2ccc(C(C)(C)C)cc2)c(Cl)c1. The Morgan fingerprint density at radius 3 is 2.44 bits per heavy atom. The molecule has 7 heteroatoms. The smallest absolute Gasteiger partial charge is 0.257 e. The number of benzene rings is 2. The molecule has 172 valence electrons. The molecule has 2 N–H and O–H groups in total. The average Bonchev–Trinajstić information content (AvgIpc) is 2.76. The summed E-state index contributed by atoms with van der Waals surface area (Å²) in [6.45, 7) is 13.1. The van der Waals surface area contributed by atoms with Crippen molar-refractivity contribution in [3.05, 3.63) is 64.2 Å². The lowest BCUT2D eigenvalue weighted by molar-refractivity contribution is 0.0394. The number of nitrogens with zero attached hydrogens (tertiary/aromatic N) is 2. The predicted octanol–water partition coefficient (Wildman–Crippen LogP) is 4.48. The molecular formula is C25H33ClN4O2. The molecule has 0 atom stereocenters. The number of morpholine rings is 1. The fraction of sp³-hybridized carbons (Fsp3) is 0.440. The van der Waals surface area contributed by atoms with Crippen molar-refractivity contribution in [2.45, 2.75) is 33.1 Å². The normalized spacial score (nSPS) is 15.5. The summed E-state index contributed by atoms with van der Waals surface area (Å²) < 4.78 is 5.40. The van der Waals surface area contributed by atoms with E-state index in [1.165, 1.54) is 5.56 Å². The predicted molar refractivity (Wildman–Crippen MR) is 132 cm³/mol. The van der Waals surface area contributed by atoms with Crippen molar-refractivity contribution in [1.82, 2.24) is 10.2 Å². The third-order valence-electron chi connectivity index (χ3n) is 5.41. The van der Waals surface area contributed by atoms with Gasteiger partial charge in [0.05, 0.1) is 30.5 Å². The third-order valence-corrected chi connectivity index (χ3v) is 5.73. The second-order valence-corrected chi connectivity index (χ2v) is 9.48. The minimum Gasteiger partial charge on any atom is -0.379 e. The van der Waals surface area contributed by atoms with Crippen LogP contribution in [-0.2, 0) is 10.2 Å². The summed E-state index contributed by atoms with van der Waals surface area (Å²) in [5, 5.41) is 6.69. The minimum absolute atomic E-state index is 0.0326. The highest BCUT2D eigenvalue weighted by Crippen LogP contribution is 2.23. The second-order valence-electron chi connectivity index (χ2n) is 9.07. The Labute approximate surface area is 196 Å². The van der Waals surface area contributed by atoms with E-state index in [1.54, 1.807) is 0 Å². The van der Waals surface area contributed by atoms with Crippen molar-refractivity contribution in [3.8, 4) is 0 Å². The van der Waals surface area contributed by atoms with Gasteiger partial charge in [-0.3, -0.25) is 20.0 Å². The Hall–Kier alpha value is -2.41. The number of halogens is 1. The fourth-order valence-corrected chi connectivity index (χ4v) is 3.67. The Bertz CT molecular complexity index is 945. The molecular weight excluding hydrogens is 424 g/mol. The lowest BCUT2D eigenvalue weighted by Crippen LogP contribution is -2.39. The maximum absolute atomic E-state index is 12.9. The molecule has 0 radical (unpaired) electrons. The van der Waals surface area contributed by atoms with Crippen LogP contribution < -0.4 is 10.6 Å². The van der Waals surface area contributed by atoms with Gasteiger partial charge in [-0.1, -0.05) is 50.6 Å². The summed E-state index contributed by atoms with van der Waals surface area (Å²) in [6.07, 6.45) is 0.